The monoisotopic (exact) mass is 232 g/mol. The minimum Gasteiger partial charge on any atom is -0.300 e. The second-order valence-electron chi connectivity index (χ2n) is 4.99. The van der Waals surface area contributed by atoms with Gasteiger partial charge in [0.05, 0.1) is 0 Å². The topological polar surface area (TPSA) is 17.1 Å². The Bertz CT molecular complexity index is 337. The van der Waals surface area contributed by atoms with Crippen molar-refractivity contribution < 1.29 is 4.79 Å². The third-order valence-electron chi connectivity index (χ3n) is 3.30. The number of Topliss-reactive ketones (excluding diaryl/α,β-unsaturated/α-hetero) is 1. The standard InChI is InChI=1S/C16H24O/c1-4-5-6-15-9-11-16(12-10-15)13(2)7-8-14(3)17/h9-13H,4-8H2,1-3H3. The van der Waals surface area contributed by atoms with Crippen molar-refractivity contribution in [1.29, 1.82) is 0 Å². The molecule has 0 aliphatic heterocycles. The third-order valence-corrected chi connectivity index (χ3v) is 3.30. The van der Waals surface area contributed by atoms with Gasteiger partial charge >= 0.3 is 0 Å². The summed E-state index contributed by atoms with van der Waals surface area (Å²) in [5.74, 6) is 0.774. The number of benzene rings is 1. The summed E-state index contributed by atoms with van der Waals surface area (Å²) in [6.07, 6.45) is 5.34. The van der Waals surface area contributed by atoms with Crippen molar-refractivity contribution in [2.75, 3.05) is 0 Å². The number of hydrogen-bond acceptors (Lipinski definition) is 1. The van der Waals surface area contributed by atoms with Crippen molar-refractivity contribution in [2.24, 2.45) is 0 Å². The van der Waals surface area contributed by atoms with Crippen LogP contribution in [-0.2, 0) is 11.2 Å². The average Bonchev–Trinajstić information content (AvgIpc) is 2.34. The highest BCUT2D eigenvalue weighted by atomic mass is 16.1. The maximum atomic E-state index is 11.0. The fourth-order valence-corrected chi connectivity index (χ4v) is 1.98. The summed E-state index contributed by atoms with van der Waals surface area (Å²) >= 11 is 0. The molecule has 0 aliphatic carbocycles. The number of carbonyl (C=O) groups excluding carboxylic acids is 1. The fraction of sp³-hybridized carbons (Fsp3) is 0.562. The molecule has 0 radical (unpaired) electrons. The van der Waals surface area contributed by atoms with Crippen LogP contribution >= 0.6 is 0 Å². The highest BCUT2D eigenvalue weighted by Crippen LogP contribution is 2.21. The van der Waals surface area contributed by atoms with Gasteiger partial charge in [0.2, 0.25) is 0 Å². The van der Waals surface area contributed by atoms with Crippen LogP contribution in [0, 0.1) is 0 Å². The van der Waals surface area contributed by atoms with Crippen LogP contribution in [0.5, 0.6) is 0 Å². The van der Waals surface area contributed by atoms with Crippen LogP contribution in [0.15, 0.2) is 24.3 Å². The summed E-state index contributed by atoms with van der Waals surface area (Å²) < 4.78 is 0. The van der Waals surface area contributed by atoms with Crippen LogP contribution in [0.3, 0.4) is 0 Å². The Labute approximate surface area is 105 Å². The summed E-state index contributed by atoms with van der Waals surface area (Å²) in [5, 5.41) is 0. The normalized spacial score (nSPS) is 12.4. The molecule has 1 atom stereocenters. The van der Waals surface area contributed by atoms with E-state index < -0.39 is 0 Å². The first-order valence-electron chi connectivity index (χ1n) is 6.71. The Morgan fingerprint density at radius 1 is 1.24 bits per heavy atom. The molecule has 0 bridgehead atoms. The van der Waals surface area contributed by atoms with E-state index in [1.54, 1.807) is 6.92 Å². The lowest BCUT2D eigenvalue weighted by atomic mass is 9.94. The van der Waals surface area contributed by atoms with Gasteiger partial charge < -0.3 is 4.79 Å². The molecule has 0 aromatic heterocycles. The van der Waals surface area contributed by atoms with Gasteiger partial charge in [-0.1, -0.05) is 44.5 Å². The Kier molecular flexibility index (Phi) is 5.96. The van der Waals surface area contributed by atoms with E-state index in [0.29, 0.717) is 12.3 Å². The van der Waals surface area contributed by atoms with Crippen LogP contribution in [0.4, 0.5) is 0 Å². The summed E-state index contributed by atoms with van der Waals surface area (Å²) in [6.45, 7) is 6.09. The third kappa shape index (κ3) is 5.16. The van der Waals surface area contributed by atoms with Gasteiger partial charge in [-0.05, 0) is 43.2 Å². The molecule has 1 aromatic rings. The number of unbranched alkanes of at least 4 members (excludes halogenated alkanes) is 1. The zero-order valence-electron chi connectivity index (χ0n) is 11.3. The molecule has 0 N–H and O–H groups in total. The van der Waals surface area contributed by atoms with Crippen molar-refractivity contribution in [1.82, 2.24) is 0 Å². The predicted octanol–water partition coefficient (Wildman–Crippen LogP) is 4.50. The number of rotatable bonds is 7. The molecule has 0 saturated heterocycles. The summed E-state index contributed by atoms with van der Waals surface area (Å²) in [7, 11) is 0. The van der Waals surface area contributed by atoms with E-state index in [0.717, 1.165) is 6.42 Å². The maximum absolute atomic E-state index is 11.0. The van der Waals surface area contributed by atoms with Crippen LogP contribution in [0.1, 0.15) is 63.5 Å². The van der Waals surface area contributed by atoms with Crippen molar-refractivity contribution in [3.63, 3.8) is 0 Å². The molecule has 94 valence electrons. The molecule has 1 unspecified atom stereocenters. The maximum Gasteiger partial charge on any atom is 0.129 e. The predicted molar refractivity (Wildman–Crippen MR) is 73.4 cm³/mol. The average molecular weight is 232 g/mol. The van der Waals surface area contributed by atoms with Gasteiger partial charge in [0.1, 0.15) is 5.78 Å². The van der Waals surface area contributed by atoms with E-state index >= 15 is 0 Å². The second-order valence-corrected chi connectivity index (χ2v) is 4.99. The molecule has 1 nitrogen and oxygen atoms in total. The fourth-order valence-electron chi connectivity index (χ4n) is 1.98. The molecular weight excluding hydrogens is 208 g/mol. The van der Waals surface area contributed by atoms with Gasteiger partial charge in [0.15, 0.2) is 0 Å². The first-order valence-corrected chi connectivity index (χ1v) is 6.71. The first kappa shape index (κ1) is 14.0. The van der Waals surface area contributed by atoms with Crippen molar-refractivity contribution >= 4 is 5.78 Å². The van der Waals surface area contributed by atoms with Gasteiger partial charge in [-0.2, -0.15) is 0 Å². The lowest BCUT2D eigenvalue weighted by Gasteiger charge is -2.11. The molecule has 1 heteroatoms. The van der Waals surface area contributed by atoms with Gasteiger partial charge in [0, 0.05) is 6.42 Å². The highest BCUT2D eigenvalue weighted by molar-refractivity contribution is 5.75. The van der Waals surface area contributed by atoms with Crippen LogP contribution in [-0.4, -0.2) is 5.78 Å². The van der Waals surface area contributed by atoms with Crippen LogP contribution in [0.25, 0.3) is 0 Å². The van der Waals surface area contributed by atoms with Crippen molar-refractivity contribution in [2.45, 2.75) is 58.8 Å². The van der Waals surface area contributed by atoms with Gasteiger partial charge in [-0.3, -0.25) is 0 Å². The number of ketones is 1. The zero-order chi connectivity index (χ0) is 12.7. The SMILES string of the molecule is CCCCc1ccc(C(C)CCC(C)=O)cc1. The highest BCUT2D eigenvalue weighted by Gasteiger charge is 2.06. The molecule has 0 aliphatic rings. The summed E-state index contributed by atoms with van der Waals surface area (Å²) in [5.41, 5.74) is 2.78. The van der Waals surface area contributed by atoms with Crippen molar-refractivity contribution in [3.8, 4) is 0 Å². The lowest BCUT2D eigenvalue weighted by molar-refractivity contribution is -0.117. The molecular formula is C16H24O. The summed E-state index contributed by atoms with van der Waals surface area (Å²) in [4.78, 5) is 11.0. The second kappa shape index (κ2) is 7.26. The van der Waals surface area contributed by atoms with E-state index in [9.17, 15) is 4.79 Å². The first-order chi connectivity index (χ1) is 8.13. The molecule has 0 fully saturated rings. The van der Waals surface area contributed by atoms with Gasteiger partial charge in [-0.15, -0.1) is 0 Å². The van der Waals surface area contributed by atoms with Crippen LogP contribution in [0.2, 0.25) is 0 Å². The number of aryl methyl sites for hydroxylation is 1. The molecule has 17 heavy (non-hydrogen) atoms. The molecule has 1 aromatic carbocycles. The molecule has 0 amide bonds. The zero-order valence-corrected chi connectivity index (χ0v) is 11.3. The molecule has 0 saturated carbocycles. The summed E-state index contributed by atoms with van der Waals surface area (Å²) in [6, 6.07) is 8.90. The minimum atomic E-state index is 0.288. The quantitative estimate of drug-likeness (QED) is 0.676. The Hall–Kier alpha value is -1.11. The largest absolute Gasteiger partial charge is 0.300 e. The molecule has 0 heterocycles. The Morgan fingerprint density at radius 3 is 2.41 bits per heavy atom. The van der Waals surface area contributed by atoms with E-state index in [1.807, 2.05) is 0 Å². The van der Waals surface area contributed by atoms with Gasteiger partial charge in [0.25, 0.3) is 0 Å². The lowest BCUT2D eigenvalue weighted by Crippen LogP contribution is -1.98. The Balaban J connectivity index is 2.51. The smallest absolute Gasteiger partial charge is 0.129 e. The number of hydrogen-bond donors (Lipinski definition) is 0. The minimum absolute atomic E-state index is 0.288. The van der Waals surface area contributed by atoms with Crippen LogP contribution < -0.4 is 0 Å². The molecule has 1 rings (SSSR count). The number of carbonyl (C=O) groups is 1. The van der Waals surface area contributed by atoms with Crippen molar-refractivity contribution in [3.05, 3.63) is 35.4 Å². The van der Waals surface area contributed by atoms with E-state index in [1.165, 1.54) is 30.4 Å². The molecule has 0 spiro atoms. The van der Waals surface area contributed by atoms with E-state index in [4.69, 9.17) is 0 Å². The van der Waals surface area contributed by atoms with Gasteiger partial charge in [-0.25, -0.2) is 0 Å². The van der Waals surface area contributed by atoms with E-state index in [-0.39, 0.29) is 5.78 Å². The Morgan fingerprint density at radius 2 is 1.88 bits per heavy atom. The van der Waals surface area contributed by atoms with E-state index in [2.05, 4.69) is 38.1 Å².